The Kier molecular flexibility index (Phi) is 4.89. The van der Waals surface area contributed by atoms with Gasteiger partial charge in [-0.05, 0) is 24.3 Å². The first-order valence-corrected chi connectivity index (χ1v) is 4.88. The second-order valence-corrected chi connectivity index (χ2v) is 3.79. The molecule has 1 rings (SSSR count). The van der Waals surface area contributed by atoms with E-state index in [2.05, 4.69) is 11.7 Å². The molecule has 7 heteroatoms. The fourth-order valence-corrected chi connectivity index (χ4v) is 1.21. The SMILES string of the molecule is NN.O=S(=O)(O)c1ccc(Cl)cc1. The highest BCUT2D eigenvalue weighted by Gasteiger charge is 2.07. The van der Waals surface area contributed by atoms with Crippen LogP contribution in [0.5, 0.6) is 0 Å². The van der Waals surface area contributed by atoms with Gasteiger partial charge in [-0.2, -0.15) is 8.42 Å². The molecule has 0 aromatic heterocycles. The Hall–Kier alpha value is -0.660. The fourth-order valence-electron chi connectivity index (χ4n) is 0.607. The molecule has 0 fully saturated rings. The molecule has 13 heavy (non-hydrogen) atoms. The molecule has 0 unspecified atom stereocenters. The fraction of sp³-hybridized carbons (Fsp3) is 0. The highest BCUT2D eigenvalue weighted by atomic mass is 35.5. The van der Waals surface area contributed by atoms with Crippen LogP contribution in [-0.2, 0) is 10.1 Å². The molecule has 0 spiro atoms. The summed E-state index contributed by atoms with van der Waals surface area (Å²) < 4.78 is 29.4. The first kappa shape index (κ1) is 12.3. The van der Waals surface area contributed by atoms with Gasteiger partial charge in [0.1, 0.15) is 0 Å². The molecule has 0 atom stereocenters. The van der Waals surface area contributed by atoms with Crippen molar-refractivity contribution >= 4 is 21.7 Å². The molecule has 1 aromatic rings. The Bertz CT molecular complexity index is 349. The van der Waals surface area contributed by atoms with Crippen LogP contribution < -0.4 is 11.7 Å². The summed E-state index contributed by atoms with van der Waals surface area (Å²) in [6.07, 6.45) is 0. The number of halogens is 1. The van der Waals surface area contributed by atoms with E-state index in [1.165, 1.54) is 24.3 Å². The highest BCUT2D eigenvalue weighted by molar-refractivity contribution is 7.85. The molecule has 0 aliphatic carbocycles. The van der Waals surface area contributed by atoms with Gasteiger partial charge in [0.2, 0.25) is 0 Å². The number of hydrazine groups is 1. The number of nitrogens with two attached hydrogens (primary N) is 2. The van der Waals surface area contributed by atoms with Crippen molar-refractivity contribution < 1.29 is 13.0 Å². The van der Waals surface area contributed by atoms with Crippen LogP contribution in [-0.4, -0.2) is 13.0 Å². The van der Waals surface area contributed by atoms with Gasteiger partial charge >= 0.3 is 0 Å². The van der Waals surface area contributed by atoms with E-state index >= 15 is 0 Å². The Morgan fingerprint density at radius 3 is 1.85 bits per heavy atom. The van der Waals surface area contributed by atoms with Crippen molar-refractivity contribution in [1.82, 2.24) is 0 Å². The topological polar surface area (TPSA) is 106 Å². The van der Waals surface area contributed by atoms with Crippen LogP contribution in [0, 0.1) is 0 Å². The standard InChI is InChI=1S/C6H5ClO3S.H4N2/c7-5-1-3-6(4-2-5)11(8,9)10;1-2/h1-4H,(H,8,9,10);1-2H2. The molecule has 1 aromatic carbocycles. The van der Waals surface area contributed by atoms with E-state index in [4.69, 9.17) is 16.2 Å². The Morgan fingerprint density at radius 2 is 1.54 bits per heavy atom. The quantitative estimate of drug-likeness (QED) is 0.364. The molecule has 0 radical (unpaired) electrons. The number of benzene rings is 1. The third kappa shape index (κ3) is 4.20. The van der Waals surface area contributed by atoms with Crippen LogP contribution in [0.15, 0.2) is 29.2 Å². The zero-order valence-corrected chi connectivity index (χ0v) is 8.09. The summed E-state index contributed by atoms with van der Waals surface area (Å²) >= 11 is 5.49. The zero-order valence-electron chi connectivity index (χ0n) is 6.51. The van der Waals surface area contributed by atoms with E-state index in [1.54, 1.807) is 0 Å². The smallest absolute Gasteiger partial charge is 0.282 e. The first-order valence-electron chi connectivity index (χ1n) is 3.06. The van der Waals surface area contributed by atoms with Gasteiger partial charge in [0.05, 0.1) is 4.90 Å². The summed E-state index contributed by atoms with van der Waals surface area (Å²) in [6, 6.07) is 5.25. The Labute approximate surface area is 81.0 Å². The molecule has 0 saturated heterocycles. The average molecular weight is 225 g/mol. The van der Waals surface area contributed by atoms with E-state index in [1.807, 2.05) is 0 Å². The van der Waals surface area contributed by atoms with E-state index < -0.39 is 10.1 Å². The van der Waals surface area contributed by atoms with E-state index in [9.17, 15) is 8.42 Å². The molecule has 74 valence electrons. The second kappa shape index (κ2) is 5.15. The molecule has 0 aliphatic heterocycles. The van der Waals surface area contributed by atoms with Crippen molar-refractivity contribution in [3.8, 4) is 0 Å². The predicted molar refractivity (Wildman–Crippen MR) is 49.6 cm³/mol. The molecule has 5 N–H and O–H groups in total. The van der Waals surface area contributed by atoms with Crippen LogP contribution in [0.1, 0.15) is 0 Å². The minimum atomic E-state index is -4.08. The Morgan fingerprint density at radius 1 is 1.15 bits per heavy atom. The van der Waals surface area contributed by atoms with Crippen molar-refractivity contribution in [2.45, 2.75) is 4.90 Å². The Balaban J connectivity index is 0.000000671. The first-order chi connectivity index (χ1) is 6.00. The van der Waals surface area contributed by atoms with Gasteiger partial charge in [-0.1, -0.05) is 11.6 Å². The van der Waals surface area contributed by atoms with Gasteiger partial charge in [0.25, 0.3) is 10.1 Å². The lowest BCUT2D eigenvalue weighted by molar-refractivity contribution is 0.483. The van der Waals surface area contributed by atoms with Gasteiger partial charge in [-0.3, -0.25) is 16.2 Å². The van der Waals surface area contributed by atoms with Crippen molar-refractivity contribution in [2.75, 3.05) is 0 Å². The number of hydrogen-bond acceptors (Lipinski definition) is 4. The highest BCUT2D eigenvalue weighted by Crippen LogP contribution is 2.12. The maximum Gasteiger partial charge on any atom is 0.294 e. The lowest BCUT2D eigenvalue weighted by atomic mass is 10.4. The van der Waals surface area contributed by atoms with Gasteiger partial charge in [0, 0.05) is 5.02 Å². The number of hydrogen-bond donors (Lipinski definition) is 3. The molecule has 0 amide bonds. The molecule has 0 bridgehead atoms. The molecule has 0 saturated carbocycles. The van der Waals surface area contributed by atoms with Crippen LogP contribution in [0.2, 0.25) is 5.02 Å². The molecule has 5 nitrogen and oxygen atoms in total. The molecular formula is C6H9ClN2O3S. The van der Waals surface area contributed by atoms with Crippen LogP contribution in [0.25, 0.3) is 0 Å². The summed E-state index contributed by atoms with van der Waals surface area (Å²) in [7, 11) is -4.08. The largest absolute Gasteiger partial charge is 0.294 e. The maximum atomic E-state index is 10.5. The van der Waals surface area contributed by atoms with E-state index in [-0.39, 0.29) is 4.90 Å². The van der Waals surface area contributed by atoms with E-state index in [0.29, 0.717) is 5.02 Å². The minimum absolute atomic E-state index is 0.151. The lowest BCUT2D eigenvalue weighted by Gasteiger charge is -1.94. The van der Waals surface area contributed by atoms with Crippen LogP contribution in [0.4, 0.5) is 0 Å². The minimum Gasteiger partial charge on any atom is -0.282 e. The van der Waals surface area contributed by atoms with Crippen molar-refractivity contribution in [3.05, 3.63) is 29.3 Å². The average Bonchev–Trinajstić information content (AvgIpc) is 2.07. The van der Waals surface area contributed by atoms with Gasteiger partial charge in [-0.15, -0.1) is 0 Å². The zero-order chi connectivity index (χ0) is 10.5. The summed E-state index contributed by atoms with van der Waals surface area (Å²) in [6.45, 7) is 0. The second-order valence-electron chi connectivity index (χ2n) is 1.93. The third-order valence-corrected chi connectivity index (χ3v) is 2.23. The van der Waals surface area contributed by atoms with Gasteiger partial charge < -0.3 is 0 Å². The molecular weight excluding hydrogens is 216 g/mol. The third-order valence-electron chi connectivity index (χ3n) is 1.11. The normalized spacial score (nSPS) is 10.2. The van der Waals surface area contributed by atoms with Crippen molar-refractivity contribution in [2.24, 2.45) is 11.7 Å². The summed E-state index contributed by atoms with van der Waals surface area (Å²) in [4.78, 5) is -0.151. The predicted octanol–water partition coefficient (Wildman–Crippen LogP) is 0.406. The van der Waals surface area contributed by atoms with Gasteiger partial charge in [0.15, 0.2) is 0 Å². The summed E-state index contributed by atoms with van der Waals surface area (Å²) in [5.74, 6) is 8.00. The van der Waals surface area contributed by atoms with E-state index in [0.717, 1.165) is 0 Å². The van der Waals surface area contributed by atoms with Crippen molar-refractivity contribution in [3.63, 3.8) is 0 Å². The van der Waals surface area contributed by atoms with Crippen LogP contribution >= 0.6 is 11.6 Å². The molecule has 0 aliphatic rings. The monoisotopic (exact) mass is 224 g/mol. The molecule has 0 heterocycles. The van der Waals surface area contributed by atoms with Gasteiger partial charge in [-0.25, -0.2) is 0 Å². The number of rotatable bonds is 1. The maximum absolute atomic E-state index is 10.5. The summed E-state index contributed by atoms with van der Waals surface area (Å²) in [5.41, 5.74) is 0. The lowest BCUT2D eigenvalue weighted by Crippen LogP contribution is -2.02. The summed E-state index contributed by atoms with van der Waals surface area (Å²) in [5, 5.41) is 0.428. The van der Waals surface area contributed by atoms with Crippen LogP contribution in [0.3, 0.4) is 0 Å². The van der Waals surface area contributed by atoms with Crippen molar-refractivity contribution in [1.29, 1.82) is 0 Å².